The summed E-state index contributed by atoms with van der Waals surface area (Å²) >= 11 is 0. The minimum Gasteiger partial charge on any atom is -0.318 e. The van der Waals surface area contributed by atoms with Gasteiger partial charge in [-0.1, -0.05) is 0 Å². The van der Waals surface area contributed by atoms with E-state index >= 15 is 0 Å². The first-order valence-electron chi connectivity index (χ1n) is 5.32. The molecule has 1 saturated heterocycles. The Kier molecular flexibility index (Phi) is 1.95. The number of pyridine rings is 1. The second-order valence-corrected chi connectivity index (χ2v) is 4.16. The Balaban J connectivity index is 2.05. The van der Waals surface area contributed by atoms with Crippen molar-refractivity contribution in [3.05, 3.63) is 24.2 Å². The van der Waals surface area contributed by atoms with E-state index in [0.29, 0.717) is 5.92 Å². The zero-order chi connectivity index (χ0) is 10.3. The van der Waals surface area contributed by atoms with E-state index in [9.17, 15) is 0 Å². The molecule has 0 spiro atoms. The van der Waals surface area contributed by atoms with Gasteiger partial charge in [0.1, 0.15) is 5.52 Å². The first kappa shape index (κ1) is 8.85. The highest BCUT2D eigenvalue weighted by molar-refractivity contribution is 5.71. The Labute approximate surface area is 88.3 Å². The first-order valence-corrected chi connectivity index (χ1v) is 5.32. The van der Waals surface area contributed by atoms with E-state index in [-0.39, 0.29) is 0 Å². The molecule has 0 radical (unpaired) electrons. The zero-order valence-corrected chi connectivity index (χ0v) is 8.77. The average molecular weight is 202 g/mol. The number of fused-ring (bicyclic) bond motifs is 1. The van der Waals surface area contributed by atoms with Crippen LogP contribution in [0, 0.1) is 0 Å². The van der Waals surface area contributed by atoms with Crippen molar-refractivity contribution in [1.82, 2.24) is 19.9 Å². The van der Waals surface area contributed by atoms with Crippen molar-refractivity contribution in [3.63, 3.8) is 0 Å². The molecule has 0 aliphatic carbocycles. The molecule has 1 unspecified atom stereocenters. The van der Waals surface area contributed by atoms with Crippen molar-refractivity contribution in [2.24, 2.45) is 7.05 Å². The second kappa shape index (κ2) is 3.31. The van der Waals surface area contributed by atoms with Crippen molar-refractivity contribution in [3.8, 4) is 0 Å². The maximum atomic E-state index is 4.46. The SMILES string of the molecule is Cn1cnc2cc(C3CCNC3)cnc21. The Hall–Kier alpha value is -1.42. The number of hydrogen-bond donors (Lipinski definition) is 1. The Morgan fingerprint density at radius 1 is 1.47 bits per heavy atom. The van der Waals surface area contributed by atoms with Gasteiger partial charge >= 0.3 is 0 Å². The number of aromatic nitrogens is 3. The van der Waals surface area contributed by atoms with Crippen LogP contribution in [0.2, 0.25) is 0 Å². The monoisotopic (exact) mass is 202 g/mol. The van der Waals surface area contributed by atoms with Gasteiger partial charge in [0.2, 0.25) is 0 Å². The van der Waals surface area contributed by atoms with Crippen LogP contribution < -0.4 is 5.32 Å². The summed E-state index contributed by atoms with van der Waals surface area (Å²) in [7, 11) is 1.97. The van der Waals surface area contributed by atoms with Crippen molar-refractivity contribution in [2.75, 3.05) is 13.1 Å². The molecule has 78 valence electrons. The summed E-state index contributed by atoms with van der Waals surface area (Å²) in [4.78, 5) is 8.79. The van der Waals surface area contributed by atoms with Gasteiger partial charge in [-0.25, -0.2) is 9.97 Å². The first-order chi connectivity index (χ1) is 7.34. The number of imidazole rings is 1. The third kappa shape index (κ3) is 1.41. The molecule has 4 heteroatoms. The van der Waals surface area contributed by atoms with Crippen LogP contribution in [0.4, 0.5) is 0 Å². The fourth-order valence-corrected chi connectivity index (χ4v) is 2.19. The predicted octanol–water partition coefficient (Wildman–Crippen LogP) is 1.05. The summed E-state index contributed by atoms with van der Waals surface area (Å²) in [6.07, 6.45) is 5.01. The normalized spacial score (nSPS) is 21.3. The van der Waals surface area contributed by atoms with Gasteiger partial charge in [-0.3, -0.25) is 0 Å². The van der Waals surface area contributed by atoms with Gasteiger partial charge < -0.3 is 9.88 Å². The molecule has 2 aromatic heterocycles. The lowest BCUT2D eigenvalue weighted by Gasteiger charge is -2.07. The number of nitrogens with one attached hydrogen (secondary N) is 1. The third-order valence-electron chi connectivity index (χ3n) is 3.10. The summed E-state index contributed by atoms with van der Waals surface area (Å²) in [5.41, 5.74) is 3.28. The predicted molar refractivity (Wildman–Crippen MR) is 58.7 cm³/mol. The van der Waals surface area contributed by atoms with Crippen LogP contribution in [0.15, 0.2) is 18.6 Å². The molecule has 2 aromatic rings. The summed E-state index contributed by atoms with van der Waals surface area (Å²) in [6, 6.07) is 2.17. The number of nitrogens with zero attached hydrogens (tertiary/aromatic N) is 3. The van der Waals surface area contributed by atoms with Crippen LogP contribution in [-0.2, 0) is 7.05 Å². The highest BCUT2D eigenvalue weighted by Crippen LogP contribution is 2.23. The molecule has 3 rings (SSSR count). The molecule has 3 heterocycles. The molecule has 0 bridgehead atoms. The van der Waals surface area contributed by atoms with E-state index in [4.69, 9.17) is 0 Å². The van der Waals surface area contributed by atoms with Gasteiger partial charge in [-0.2, -0.15) is 0 Å². The fraction of sp³-hybridized carbons (Fsp3) is 0.455. The van der Waals surface area contributed by atoms with E-state index in [1.54, 1.807) is 0 Å². The van der Waals surface area contributed by atoms with Crippen molar-refractivity contribution < 1.29 is 0 Å². The lowest BCUT2D eigenvalue weighted by atomic mass is 10.0. The van der Waals surface area contributed by atoms with E-state index in [0.717, 1.165) is 24.3 Å². The summed E-state index contributed by atoms with van der Waals surface area (Å²) in [5.74, 6) is 0.615. The highest BCUT2D eigenvalue weighted by atomic mass is 15.1. The minimum atomic E-state index is 0.615. The molecular formula is C11H14N4. The lowest BCUT2D eigenvalue weighted by molar-refractivity contribution is 0.760. The van der Waals surface area contributed by atoms with Crippen LogP contribution in [0.25, 0.3) is 11.2 Å². The number of hydrogen-bond acceptors (Lipinski definition) is 3. The number of rotatable bonds is 1. The molecule has 0 saturated carbocycles. The van der Waals surface area contributed by atoms with E-state index in [1.807, 2.05) is 24.1 Å². The van der Waals surface area contributed by atoms with Gasteiger partial charge in [0.15, 0.2) is 5.65 Å². The Morgan fingerprint density at radius 2 is 2.40 bits per heavy atom. The molecule has 4 nitrogen and oxygen atoms in total. The molecular weight excluding hydrogens is 188 g/mol. The number of aryl methyl sites for hydroxylation is 1. The van der Waals surface area contributed by atoms with Gasteiger partial charge in [-0.05, 0) is 30.5 Å². The largest absolute Gasteiger partial charge is 0.318 e. The van der Waals surface area contributed by atoms with Gasteiger partial charge in [0, 0.05) is 19.8 Å². The average Bonchev–Trinajstić information content (AvgIpc) is 2.88. The van der Waals surface area contributed by atoms with Crippen LogP contribution in [-0.4, -0.2) is 27.6 Å². The smallest absolute Gasteiger partial charge is 0.159 e. The van der Waals surface area contributed by atoms with Gasteiger partial charge in [-0.15, -0.1) is 0 Å². The van der Waals surface area contributed by atoms with Crippen LogP contribution in [0.1, 0.15) is 17.9 Å². The van der Waals surface area contributed by atoms with Crippen molar-refractivity contribution >= 4 is 11.2 Å². The standard InChI is InChI=1S/C11H14N4/c1-15-7-14-10-4-9(6-13-11(10)15)8-2-3-12-5-8/h4,6-8,12H,2-3,5H2,1H3. The van der Waals surface area contributed by atoms with Crippen molar-refractivity contribution in [1.29, 1.82) is 0 Å². The summed E-state index contributed by atoms with van der Waals surface area (Å²) in [6.45, 7) is 2.19. The highest BCUT2D eigenvalue weighted by Gasteiger charge is 2.17. The zero-order valence-electron chi connectivity index (χ0n) is 8.77. The molecule has 1 N–H and O–H groups in total. The molecule has 1 aliphatic rings. The second-order valence-electron chi connectivity index (χ2n) is 4.16. The summed E-state index contributed by atoms with van der Waals surface area (Å²) < 4.78 is 1.95. The molecule has 0 amide bonds. The van der Waals surface area contributed by atoms with E-state index < -0.39 is 0 Å². The fourth-order valence-electron chi connectivity index (χ4n) is 2.19. The topological polar surface area (TPSA) is 42.7 Å². The molecule has 0 aromatic carbocycles. The summed E-state index contributed by atoms with van der Waals surface area (Å²) in [5, 5.41) is 3.37. The van der Waals surface area contributed by atoms with E-state index in [2.05, 4.69) is 21.4 Å². The minimum absolute atomic E-state index is 0.615. The van der Waals surface area contributed by atoms with Crippen LogP contribution in [0.3, 0.4) is 0 Å². The van der Waals surface area contributed by atoms with Gasteiger partial charge in [0.25, 0.3) is 0 Å². The van der Waals surface area contributed by atoms with Gasteiger partial charge in [0.05, 0.1) is 6.33 Å². The quantitative estimate of drug-likeness (QED) is 0.751. The lowest BCUT2D eigenvalue weighted by Crippen LogP contribution is -2.08. The maximum absolute atomic E-state index is 4.46. The molecule has 15 heavy (non-hydrogen) atoms. The molecule has 1 aliphatic heterocycles. The van der Waals surface area contributed by atoms with Crippen LogP contribution >= 0.6 is 0 Å². The molecule has 1 atom stereocenters. The van der Waals surface area contributed by atoms with E-state index in [1.165, 1.54) is 12.0 Å². The molecule has 1 fully saturated rings. The third-order valence-corrected chi connectivity index (χ3v) is 3.10. The maximum Gasteiger partial charge on any atom is 0.159 e. The Bertz CT molecular complexity index is 482. The van der Waals surface area contributed by atoms with Crippen LogP contribution in [0.5, 0.6) is 0 Å². The Morgan fingerprint density at radius 3 is 3.20 bits per heavy atom. The van der Waals surface area contributed by atoms with Crippen molar-refractivity contribution in [2.45, 2.75) is 12.3 Å².